The van der Waals surface area contributed by atoms with Crippen LogP contribution in [0.15, 0.2) is 34.7 Å². The molecule has 0 aliphatic carbocycles. The summed E-state index contributed by atoms with van der Waals surface area (Å²) in [6.45, 7) is 0. The van der Waals surface area contributed by atoms with Gasteiger partial charge in [0, 0.05) is 5.69 Å². The molecular weight excluding hydrogens is 337 g/mol. The zero-order valence-electron chi connectivity index (χ0n) is 9.48. The molecule has 0 atom stereocenters. The van der Waals surface area contributed by atoms with Crippen molar-refractivity contribution >= 4 is 38.6 Å². The molecule has 0 unspecified atom stereocenters. The van der Waals surface area contributed by atoms with Gasteiger partial charge in [-0.05, 0) is 24.3 Å². The number of thiazole rings is 1. The second-order valence-corrected chi connectivity index (χ2v) is 7.13. The third-order valence-electron chi connectivity index (χ3n) is 2.19. The largest absolute Gasteiger partial charge is 0.416 e. The van der Waals surface area contributed by atoms with E-state index in [2.05, 4.69) is 9.71 Å². The summed E-state index contributed by atoms with van der Waals surface area (Å²) in [5.74, 6) is 0. The molecule has 1 aromatic heterocycles. The van der Waals surface area contributed by atoms with Crippen molar-refractivity contribution in [2.45, 2.75) is 10.4 Å². The van der Waals surface area contributed by atoms with Crippen molar-refractivity contribution in [3.63, 3.8) is 0 Å². The van der Waals surface area contributed by atoms with Crippen LogP contribution in [0.4, 0.5) is 18.9 Å². The molecular formula is C10H6ClF3N2O2S2. The molecule has 0 aliphatic heterocycles. The Hall–Kier alpha value is -1.32. The Kier molecular flexibility index (Phi) is 3.94. The highest BCUT2D eigenvalue weighted by Crippen LogP contribution is 2.30. The van der Waals surface area contributed by atoms with Crippen LogP contribution in [-0.2, 0) is 16.2 Å². The molecule has 0 bridgehead atoms. The fraction of sp³-hybridized carbons (Fsp3) is 0.100. The van der Waals surface area contributed by atoms with Crippen LogP contribution in [-0.4, -0.2) is 13.4 Å². The molecule has 0 spiro atoms. The first-order valence-corrected chi connectivity index (χ1v) is 7.68. The summed E-state index contributed by atoms with van der Waals surface area (Å²) in [4.78, 5) is 3.59. The van der Waals surface area contributed by atoms with E-state index in [-0.39, 0.29) is 14.4 Å². The molecule has 0 saturated heterocycles. The van der Waals surface area contributed by atoms with Gasteiger partial charge >= 0.3 is 6.18 Å². The van der Waals surface area contributed by atoms with Crippen molar-refractivity contribution < 1.29 is 21.6 Å². The number of halogens is 4. The number of aromatic nitrogens is 1. The van der Waals surface area contributed by atoms with Gasteiger partial charge in [0.05, 0.1) is 11.8 Å². The van der Waals surface area contributed by atoms with E-state index < -0.39 is 21.8 Å². The molecule has 20 heavy (non-hydrogen) atoms. The summed E-state index contributed by atoms with van der Waals surface area (Å²) in [6.07, 6.45) is -3.40. The molecule has 0 fully saturated rings. The Bertz CT molecular complexity index is 711. The van der Waals surface area contributed by atoms with Gasteiger partial charge in [0.25, 0.3) is 10.0 Å². The van der Waals surface area contributed by atoms with E-state index in [0.717, 1.165) is 41.8 Å². The number of sulfonamides is 1. The Morgan fingerprint density at radius 2 is 1.80 bits per heavy atom. The third kappa shape index (κ3) is 3.41. The number of anilines is 1. The molecule has 1 aromatic carbocycles. The zero-order valence-corrected chi connectivity index (χ0v) is 11.9. The predicted octanol–water partition coefficient (Wildman–Crippen LogP) is 3.62. The first-order chi connectivity index (χ1) is 9.18. The van der Waals surface area contributed by atoms with Crippen molar-refractivity contribution in [1.82, 2.24) is 4.98 Å². The Labute approximate surface area is 121 Å². The lowest BCUT2D eigenvalue weighted by atomic mass is 10.2. The van der Waals surface area contributed by atoms with E-state index in [1.165, 1.54) is 0 Å². The summed E-state index contributed by atoms with van der Waals surface area (Å²) >= 11 is 6.28. The maximum absolute atomic E-state index is 12.4. The number of hydrogen-bond donors (Lipinski definition) is 1. The van der Waals surface area contributed by atoms with Gasteiger partial charge in [0.1, 0.15) is 0 Å². The average molecular weight is 343 g/mol. The van der Waals surface area contributed by atoms with E-state index in [1.807, 2.05) is 0 Å². The van der Waals surface area contributed by atoms with Crippen molar-refractivity contribution in [2.24, 2.45) is 0 Å². The van der Waals surface area contributed by atoms with Crippen molar-refractivity contribution in [3.05, 3.63) is 40.5 Å². The number of alkyl halides is 3. The Morgan fingerprint density at radius 3 is 2.25 bits per heavy atom. The average Bonchev–Trinajstić information content (AvgIpc) is 2.76. The van der Waals surface area contributed by atoms with Crippen molar-refractivity contribution in [2.75, 3.05) is 4.72 Å². The van der Waals surface area contributed by atoms with Crippen LogP contribution in [0.3, 0.4) is 0 Å². The molecule has 0 aliphatic rings. The van der Waals surface area contributed by atoms with Crippen LogP contribution < -0.4 is 4.72 Å². The van der Waals surface area contributed by atoms with Crippen molar-refractivity contribution in [3.8, 4) is 0 Å². The first kappa shape index (κ1) is 15.1. The van der Waals surface area contributed by atoms with Crippen LogP contribution in [0, 0.1) is 0 Å². The Balaban J connectivity index is 2.22. The summed E-state index contributed by atoms with van der Waals surface area (Å²) in [6, 6.07) is 3.64. The number of hydrogen-bond acceptors (Lipinski definition) is 4. The molecule has 2 rings (SSSR count). The van der Waals surface area contributed by atoms with E-state index in [4.69, 9.17) is 11.6 Å². The number of nitrogens with zero attached hydrogens (tertiary/aromatic N) is 1. The Morgan fingerprint density at radius 1 is 1.20 bits per heavy atom. The topological polar surface area (TPSA) is 59.1 Å². The molecule has 108 valence electrons. The second kappa shape index (κ2) is 5.23. The van der Waals surface area contributed by atoms with Crippen LogP contribution in [0.2, 0.25) is 4.47 Å². The summed E-state index contributed by atoms with van der Waals surface area (Å²) in [5.41, 5.74) is -0.844. The minimum absolute atomic E-state index is 0.0162. The van der Waals surface area contributed by atoms with Gasteiger partial charge in [-0.2, -0.15) is 13.2 Å². The van der Waals surface area contributed by atoms with Gasteiger partial charge < -0.3 is 0 Å². The molecule has 10 heteroatoms. The van der Waals surface area contributed by atoms with E-state index in [0.29, 0.717) is 0 Å². The highest BCUT2D eigenvalue weighted by Gasteiger charge is 2.30. The zero-order chi connectivity index (χ0) is 15.0. The lowest BCUT2D eigenvalue weighted by Crippen LogP contribution is -2.12. The fourth-order valence-corrected chi connectivity index (χ4v) is 3.65. The van der Waals surface area contributed by atoms with Gasteiger partial charge in [0.2, 0.25) is 0 Å². The number of rotatable bonds is 3. The molecule has 1 N–H and O–H groups in total. The van der Waals surface area contributed by atoms with Crippen molar-refractivity contribution in [1.29, 1.82) is 0 Å². The predicted molar refractivity (Wildman–Crippen MR) is 69.4 cm³/mol. The van der Waals surface area contributed by atoms with Crippen LogP contribution in [0.5, 0.6) is 0 Å². The van der Waals surface area contributed by atoms with Gasteiger partial charge in [-0.15, -0.1) is 0 Å². The standard InChI is InChI=1S/C10H6ClF3N2O2S2/c11-9-15-5-8(19-9)20(17,18)16-7-3-1-6(2-4-7)10(12,13)14/h1-5,16H. The summed E-state index contributed by atoms with van der Waals surface area (Å²) < 4.78 is 62.9. The maximum atomic E-state index is 12.4. The van der Waals surface area contributed by atoms with E-state index in [9.17, 15) is 21.6 Å². The molecule has 0 amide bonds. The minimum Gasteiger partial charge on any atom is -0.279 e. The first-order valence-electron chi connectivity index (χ1n) is 5.00. The summed E-state index contributed by atoms with van der Waals surface area (Å²) in [5, 5.41) is 0. The molecule has 2 aromatic rings. The van der Waals surface area contributed by atoms with Gasteiger partial charge in [-0.25, -0.2) is 13.4 Å². The lowest BCUT2D eigenvalue weighted by Gasteiger charge is -2.09. The monoisotopic (exact) mass is 342 g/mol. The van der Waals surface area contributed by atoms with E-state index in [1.54, 1.807) is 0 Å². The smallest absolute Gasteiger partial charge is 0.279 e. The van der Waals surface area contributed by atoms with Gasteiger partial charge in [-0.3, -0.25) is 4.72 Å². The van der Waals surface area contributed by atoms with Gasteiger partial charge in [0.15, 0.2) is 8.68 Å². The molecule has 0 saturated carbocycles. The summed E-state index contributed by atoms with van der Waals surface area (Å²) in [7, 11) is -3.90. The minimum atomic E-state index is -4.47. The fourth-order valence-electron chi connectivity index (χ4n) is 1.30. The highest BCUT2D eigenvalue weighted by molar-refractivity contribution is 7.94. The molecule has 1 heterocycles. The second-order valence-electron chi connectivity index (χ2n) is 3.61. The van der Waals surface area contributed by atoms with Crippen LogP contribution in [0.25, 0.3) is 0 Å². The third-order valence-corrected chi connectivity index (χ3v) is 5.14. The van der Waals surface area contributed by atoms with E-state index >= 15 is 0 Å². The SMILES string of the molecule is O=S(=O)(Nc1ccc(C(F)(F)F)cc1)c1cnc(Cl)s1. The van der Waals surface area contributed by atoms with Crippen LogP contribution >= 0.6 is 22.9 Å². The molecule has 4 nitrogen and oxygen atoms in total. The van der Waals surface area contributed by atoms with Gasteiger partial charge in [-0.1, -0.05) is 22.9 Å². The number of benzene rings is 1. The van der Waals surface area contributed by atoms with Crippen LogP contribution in [0.1, 0.15) is 5.56 Å². The number of nitrogens with one attached hydrogen (secondary N) is 1. The molecule has 0 radical (unpaired) electrons. The normalized spacial score (nSPS) is 12.4. The maximum Gasteiger partial charge on any atom is 0.416 e. The highest BCUT2D eigenvalue weighted by atomic mass is 35.5. The lowest BCUT2D eigenvalue weighted by molar-refractivity contribution is -0.137. The quantitative estimate of drug-likeness (QED) is 0.926.